The zero-order valence-corrected chi connectivity index (χ0v) is 7.30. The van der Waals surface area contributed by atoms with Gasteiger partial charge in [0.1, 0.15) is 0 Å². The molecule has 1 aromatic rings. The highest BCUT2D eigenvalue weighted by atomic mass is 35.5. The molecule has 12 heavy (non-hydrogen) atoms. The number of hydrogen-bond acceptors (Lipinski definition) is 2. The van der Waals surface area contributed by atoms with Crippen molar-refractivity contribution in [2.75, 3.05) is 0 Å². The third-order valence-corrected chi connectivity index (χ3v) is 1.83. The van der Waals surface area contributed by atoms with Gasteiger partial charge in [-0.2, -0.15) is 0 Å². The van der Waals surface area contributed by atoms with Gasteiger partial charge < -0.3 is 5.11 Å². The van der Waals surface area contributed by atoms with Crippen molar-refractivity contribution < 1.29 is 9.90 Å². The molecule has 1 aromatic heterocycles. The number of nitrogens with zero attached hydrogens (tertiary/aromatic N) is 1. The van der Waals surface area contributed by atoms with Gasteiger partial charge in [0.05, 0.1) is 16.3 Å². The van der Waals surface area contributed by atoms with Crippen molar-refractivity contribution in [3.8, 4) is 0 Å². The number of rotatable bonds is 2. The van der Waals surface area contributed by atoms with Crippen molar-refractivity contribution in [2.24, 2.45) is 0 Å². The molecule has 0 spiro atoms. The summed E-state index contributed by atoms with van der Waals surface area (Å²) in [4.78, 5) is 14.4. The Kier molecular flexibility index (Phi) is 2.65. The molecule has 0 aliphatic heterocycles. The maximum absolute atomic E-state index is 10.5. The van der Waals surface area contributed by atoms with Gasteiger partial charge in [-0.15, -0.1) is 0 Å². The number of carbonyl (C=O) groups is 1. The van der Waals surface area contributed by atoms with Crippen molar-refractivity contribution in [3.05, 3.63) is 28.5 Å². The normalized spacial score (nSPS) is 9.83. The van der Waals surface area contributed by atoms with Crippen molar-refractivity contribution in [2.45, 2.75) is 13.3 Å². The second kappa shape index (κ2) is 3.54. The van der Waals surface area contributed by atoms with Crippen LogP contribution in [0.5, 0.6) is 0 Å². The number of aromatic nitrogens is 1. The topological polar surface area (TPSA) is 50.2 Å². The first-order chi connectivity index (χ1) is 5.65. The van der Waals surface area contributed by atoms with Gasteiger partial charge >= 0.3 is 5.97 Å². The van der Waals surface area contributed by atoms with E-state index in [4.69, 9.17) is 16.7 Å². The Morgan fingerprint density at radius 3 is 2.83 bits per heavy atom. The number of halogens is 1. The Morgan fingerprint density at radius 1 is 1.75 bits per heavy atom. The van der Waals surface area contributed by atoms with Crippen LogP contribution in [0.4, 0.5) is 0 Å². The molecule has 0 bridgehead atoms. The summed E-state index contributed by atoms with van der Waals surface area (Å²) in [6, 6.07) is 1.41. The molecule has 64 valence electrons. The average Bonchev–Trinajstić information content (AvgIpc) is 2.04. The van der Waals surface area contributed by atoms with Crippen molar-refractivity contribution >= 4 is 17.6 Å². The molecule has 1 rings (SSSR count). The third-order valence-electron chi connectivity index (χ3n) is 1.50. The summed E-state index contributed by atoms with van der Waals surface area (Å²) >= 11 is 5.75. The SMILES string of the molecule is CCc1ncc(C(=O)O)cc1Cl. The van der Waals surface area contributed by atoms with E-state index in [1.165, 1.54) is 12.3 Å². The first kappa shape index (κ1) is 9.00. The van der Waals surface area contributed by atoms with Gasteiger partial charge in [-0.05, 0) is 12.5 Å². The Hall–Kier alpha value is -1.09. The standard InChI is InChI=1S/C8H8ClNO2/c1-2-7-6(9)3-5(4-10-7)8(11)12/h3-4H,2H2,1H3,(H,11,12). The quantitative estimate of drug-likeness (QED) is 0.767. The first-order valence-electron chi connectivity index (χ1n) is 3.53. The summed E-state index contributed by atoms with van der Waals surface area (Å²) in [5.41, 5.74) is 0.846. The fourth-order valence-corrected chi connectivity index (χ4v) is 1.14. The molecule has 1 N–H and O–H groups in total. The number of hydrogen-bond donors (Lipinski definition) is 1. The van der Waals surface area contributed by atoms with Crippen LogP contribution in [-0.4, -0.2) is 16.1 Å². The number of carboxylic acid groups (broad SMARTS) is 1. The number of aryl methyl sites for hydroxylation is 1. The van der Waals surface area contributed by atoms with Crippen LogP contribution in [0, 0.1) is 0 Å². The lowest BCUT2D eigenvalue weighted by Gasteiger charge is -1.99. The molecule has 0 aliphatic carbocycles. The molecule has 0 atom stereocenters. The van der Waals surface area contributed by atoms with Gasteiger partial charge in [0.25, 0.3) is 0 Å². The van der Waals surface area contributed by atoms with Gasteiger partial charge in [0.15, 0.2) is 0 Å². The van der Waals surface area contributed by atoms with E-state index in [9.17, 15) is 4.79 Å². The van der Waals surface area contributed by atoms with E-state index in [2.05, 4.69) is 4.98 Å². The summed E-state index contributed by atoms with van der Waals surface area (Å²) < 4.78 is 0. The van der Waals surface area contributed by atoms with Crippen LogP contribution >= 0.6 is 11.6 Å². The largest absolute Gasteiger partial charge is 0.478 e. The zero-order valence-electron chi connectivity index (χ0n) is 6.54. The van der Waals surface area contributed by atoms with Crippen LogP contribution in [0.25, 0.3) is 0 Å². The maximum Gasteiger partial charge on any atom is 0.337 e. The average molecular weight is 186 g/mol. The Morgan fingerprint density at radius 2 is 2.42 bits per heavy atom. The van der Waals surface area contributed by atoms with Gasteiger partial charge in [0.2, 0.25) is 0 Å². The van der Waals surface area contributed by atoms with Crippen LogP contribution in [0.3, 0.4) is 0 Å². The summed E-state index contributed by atoms with van der Waals surface area (Å²) in [6.07, 6.45) is 2.02. The smallest absolute Gasteiger partial charge is 0.337 e. The number of carboxylic acids is 1. The predicted molar refractivity (Wildman–Crippen MR) is 45.6 cm³/mol. The molecule has 0 aromatic carbocycles. The Bertz CT molecular complexity index is 312. The monoisotopic (exact) mass is 185 g/mol. The Labute approximate surface area is 75.0 Å². The van der Waals surface area contributed by atoms with Crippen molar-refractivity contribution in [1.82, 2.24) is 4.98 Å². The van der Waals surface area contributed by atoms with Crippen LogP contribution in [-0.2, 0) is 6.42 Å². The summed E-state index contributed by atoms with van der Waals surface area (Å²) in [7, 11) is 0. The maximum atomic E-state index is 10.5. The van der Waals surface area contributed by atoms with Gasteiger partial charge in [0, 0.05) is 6.20 Å². The fraction of sp³-hybridized carbons (Fsp3) is 0.250. The molecule has 0 fully saturated rings. The van der Waals surface area contributed by atoms with Crippen molar-refractivity contribution in [1.29, 1.82) is 0 Å². The van der Waals surface area contributed by atoms with E-state index in [0.717, 1.165) is 5.69 Å². The lowest BCUT2D eigenvalue weighted by Crippen LogP contribution is -1.99. The van der Waals surface area contributed by atoms with Crippen molar-refractivity contribution in [3.63, 3.8) is 0 Å². The van der Waals surface area contributed by atoms with E-state index < -0.39 is 5.97 Å². The zero-order chi connectivity index (χ0) is 9.14. The highest BCUT2D eigenvalue weighted by molar-refractivity contribution is 6.31. The molecule has 0 saturated heterocycles. The molecular weight excluding hydrogens is 178 g/mol. The number of aromatic carboxylic acids is 1. The molecule has 0 aliphatic rings. The van der Waals surface area contributed by atoms with E-state index in [-0.39, 0.29) is 5.56 Å². The lowest BCUT2D eigenvalue weighted by atomic mass is 10.2. The third kappa shape index (κ3) is 1.74. The van der Waals surface area contributed by atoms with E-state index in [0.29, 0.717) is 11.4 Å². The van der Waals surface area contributed by atoms with Gasteiger partial charge in [-0.25, -0.2) is 4.79 Å². The minimum absolute atomic E-state index is 0.122. The molecule has 3 nitrogen and oxygen atoms in total. The van der Waals surface area contributed by atoms with Crippen LogP contribution in [0.15, 0.2) is 12.3 Å². The van der Waals surface area contributed by atoms with E-state index >= 15 is 0 Å². The van der Waals surface area contributed by atoms with Gasteiger partial charge in [-0.1, -0.05) is 18.5 Å². The number of pyridine rings is 1. The summed E-state index contributed by atoms with van der Waals surface area (Å²) in [5.74, 6) is -1.01. The summed E-state index contributed by atoms with van der Waals surface area (Å²) in [6.45, 7) is 1.91. The molecule has 0 radical (unpaired) electrons. The molecule has 0 unspecified atom stereocenters. The van der Waals surface area contributed by atoms with Crippen LogP contribution < -0.4 is 0 Å². The molecule has 1 heterocycles. The second-order valence-corrected chi connectivity index (χ2v) is 2.72. The predicted octanol–water partition coefficient (Wildman–Crippen LogP) is 2.00. The van der Waals surface area contributed by atoms with E-state index in [1.54, 1.807) is 0 Å². The molecule has 0 saturated carbocycles. The fourth-order valence-electron chi connectivity index (χ4n) is 0.843. The summed E-state index contributed by atoms with van der Waals surface area (Å²) in [5, 5.41) is 8.99. The lowest BCUT2D eigenvalue weighted by molar-refractivity contribution is 0.0696. The minimum atomic E-state index is -1.01. The van der Waals surface area contributed by atoms with Crippen LogP contribution in [0.2, 0.25) is 5.02 Å². The molecular formula is C8H8ClNO2. The second-order valence-electron chi connectivity index (χ2n) is 2.31. The van der Waals surface area contributed by atoms with E-state index in [1.807, 2.05) is 6.92 Å². The minimum Gasteiger partial charge on any atom is -0.478 e. The molecule has 0 amide bonds. The highest BCUT2D eigenvalue weighted by Gasteiger charge is 2.06. The first-order valence-corrected chi connectivity index (χ1v) is 3.90. The highest BCUT2D eigenvalue weighted by Crippen LogP contribution is 2.15. The Balaban J connectivity index is 3.10. The van der Waals surface area contributed by atoms with Crippen LogP contribution in [0.1, 0.15) is 23.0 Å². The molecule has 4 heteroatoms. The van der Waals surface area contributed by atoms with Gasteiger partial charge in [-0.3, -0.25) is 4.98 Å².